The van der Waals surface area contributed by atoms with Gasteiger partial charge in [-0.2, -0.15) is 0 Å². The summed E-state index contributed by atoms with van der Waals surface area (Å²) >= 11 is 0. The van der Waals surface area contributed by atoms with Gasteiger partial charge in [-0.1, -0.05) is 0 Å². The van der Waals surface area contributed by atoms with Crippen molar-refractivity contribution in [2.45, 2.75) is 64.8 Å². The molecular weight excluding hydrogens is 348 g/mol. The summed E-state index contributed by atoms with van der Waals surface area (Å²) in [5.41, 5.74) is -0.468. The van der Waals surface area contributed by atoms with Crippen molar-refractivity contribution in [1.82, 2.24) is 9.80 Å². The third kappa shape index (κ3) is 5.82. The Morgan fingerprint density at radius 3 is 2.04 bits per heavy atom. The molecule has 3 rings (SSSR count). The molecule has 0 aliphatic carbocycles. The van der Waals surface area contributed by atoms with E-state index in [0.29, 0.717) is 44.6 Å². The Balaban J connectivity index is 1.36. The van der Waals surface area contributed by atoms with Crippen LogP contribution >= 0.6 is 0 Å². The van der Waals surface area contributed by atoms with E-state index in [1.54, 1.807) is 4.90 Å². The van der Waals surface area contributed by atoms with E-state index in [1.807, 2.05) is 25.7 Å². The number of hydrogen-bond acceptors (Lipinski definition) is 5. The molecule has 0 bridgehead atoms. The maximum Gasteiger partial charge on any atom is 0.410 e. The van der Waals surface area contributed by atoms with Gasteiger partial charge >= 0.3 is 6.09 Å². The number of hydrogen-bond donors (Lipinski definition) is 0. The van der Waals surface area contributed by atoms with Crippen LogP contribution in [-0.2, 0) is 19.0 Å². The van der Waals surface area contributed by atoms with E-state index in [2.05, 4.69) is 0 Å². The monoisotopic (exact) mass is 382 g/mol. The number of ether oxygens (including phenoxy) is 3. The first-order valence-corrected chi connectivity index (χ1v) is 10.3. The first-order chi connectivity index (χ1) is 12.8. The van der Waals surface area contributed by atoms with Gasteiger partial charge in [0, 0.05) is 38.5 Å². The molecule has 0 unspecified atom stereocenters. The molecular formula is C20H34N2O5. The first-order valence-electron chi connectivity index (χ1n) is 10.3. The van der Waals surface area contributed by atoms with E-state index in [0.717, 1.165) is 38.8 Å². The second kappa shape index (κ2) is 8.78. The third-order valence-electron chi connectivity index (χ3n) is 5.65. The highest BCUT2D eigenvalue weighted by Crippen LogP contribution is 2.28. The molecule has 154 valence electrons. The molecule has 0 aromatic rings. The fraction of sp³-hybridized carbons (Fsp3) is 0.900. The Hall–Kier alpha value is -1.34. The van der Waals surface area contributed by atoms with Crippen LogP contribution in [0.15, 0.2) is 0 Å². The topological polar surface area (TPSA) is 68.3 Å². The summed E-state index contributed by atoms with van der Waals surface area (Å²) in [6.07, 6.45) is 3.91. The van der Waals surface area contributed by atoms with Gasteiger partial charge in [0.25, 0.3) is 0 Å². The number of rotatable bonds is 3. The molecule has 7 nitrogen and oxygen atoms in total. The molecule has 0 N–H and O–H groups in total. The van der Waals surface area contributed by atoms with Gasteiger partial charge in [0.2, 0.25) is 5.91 Å². The lowest BCUT2D eigenvalue weighted by molar-refractivity contribution is -0.138. The SMILES string of the molecule is CC(C)(C)OC(=O)N1CCC(CC(=O)N2CCC(C3OCCO3)CC2)CC1. The van der Waals surface area contributed by atoms with E-state index in [-0.39, 0.29) is 18.3 Å². The van der Waals surface area contributed by atoms with Gasteiger partial charge in [-0.15, -0.1) is 0 Å². The minimum Gasteiger partial charge on any atom is -0.444 e. The van der Waals surface area contributed by atoms with Crippen LogP contribution in [0.3, 0.4) is 0 Å². The van der Waals surface area contributed by atoms with Gasteiger partial charge in [0.05, 0.1) is 13.2 Å². The molecule has 3 aliphatic rings. The van der Waals surface area contributed by atoms with Crippen molar-refractivity contribution in [2.75, 3.05) is 39.4 Å². The summed E-state index contributed by atoms with van der Waals surface area (Å²) in [5.74, 6) is 1.02. The van der Waals surface area contributed by atoms with Gasteiger partial charge in [0.15, 0.2) is 6.29 Å². The average Bonchev–Trinajstić information content (AvgIpc) is 3.15. The predicted octanol–water partition coefficient (Wildman–Crippen LogP) is 2.64. The Bertz CT molecular complexity index is 511. The van der Waals surface area contributed by atoms with Crippen molar-refractivity contribution < 1.29 is 23.8 Å². The molecule has 0 spiro atoms. The van der Waals surface area contributed by atoms with Crippen LogP contribution in [0.4, 0.5) is 4.79 Å². The fourth-order valence-corrected chi connectivity index (χ4v) is 4.09. The van der Waals surface area contributed by atoms with Gasteiger partial charge in [-0.25, -0.2) is 4.79 Å². The van der Waals surface area contributed by atoms with Crippen molar-refractivity contribution in [3.63, 3.8) is 0 Å². The molecule has 0 saturated carbocycles. The highest BCUT2D eigenvalue weighted by atomic mass is 16.7. The van der Waals surface area contributed by atoms with E-state index in [4.69, 9.17) is 14.2 Å². The van der Waals surface area contributed by atoms with Crippen LogP contribution in [0.1, 0.15) is 52.9 Å². The maximum atomic E-state index is 12.7. The summed E-state index contributed by atoms with van der Waals surface area (Å²) in [6, 6.07) is 0. The Morgan fingerprint density at radius 2 is 1.48 bits per heavy atom. The number of carbonyl (C=O) groups excluding carboxylic acids is 2. The maximum absolute atomic E-state index is 12.7. The molecule has 0 atom stereocenters. The lowest BCUT2D eigenvalue weighted by atomic mass is 9.91. The summed E-state index contributed by atoms with van der Waals surface area (Å²) in [4.78, 5) is 28.5. The number of likely N-dealkylation sites (tertiary alicyclic amines) is 2. The second-order valence-electron chi connectivity index (χ2n) is 8.94. The van der Waals surface area contributed by atoms with Crippen molar-refractivity contribution in [2.24, 2.45) is 11.8 Å². The Morgan fingerprint density at radius 1 is 0.926 bits per heavy atom. The van der Waals surface area contributed by atoms with Gasteiger partial charge in [-0.05, 0) is 52.4 Å². The standard InChI is InChI=1S/C20H34N2O5/c1-20(2,3)27-19(24)22-8-4-15(5-9-22)14-17(23)21-10-6-16(7-11-21)18-25-12-13-26-18/h15-16,18H,4-14H2,1-3H3. The van der Waals surface area contributed by atoms with E-state index < -0.39 is 5.60 Å². The summed E-state index contributed by atoms with van der Waals surface area (Å²) in [6.45, 7) is 9.94. The highest BCUT2D eigenvalue weighted by molar-refractivity contribution is 5.76. The second-order valence-corrected chi connectivity index (χ2v) is 8.94. The van der Waals surface area contributed by atoms with Gasteiger partial charge < -0.3 is 24.0 Å². The van der Waals surface area contributed by atoms with Crippen LogP contribution in [0.2, 0.25) is 0 Å². The number of amides is 2. The molecule has 3 heterocycles. The van der Waals surface area contributed by atoms with Crippen molar-refractivity contribution in [3.05, 3.63) is 0 Å². The van der Waals surface area contributed by atoms with Crippen LogP contribution < -0.4 is 0 Å². The summed E-state index contributed by atoms with van der Waals surface area (Å²) in [7, 11) is 0. The van der Waals surface area contributed by atoms with Gasteiger partial charge in [-0.3, -0.25) is 4.79 Å². The zero-order chi connectivity index (χ0) is 19.4. The smallest absolute Gasteiger partial charge is 0.410 e. The lowest BCUT2D eigenvalue weighted by Gasteiger charge is -2.36. The number of piperidine rings is 2. The largest absolute Gasteiger partial charge is 0.444 e. The average molecular weight is 383 g/mol. The third-order valence-corrected chi connectivity index (χ3v) is 5.65. The molecule has 0 aromatic heterocycles. The minimum atomic E-state index is -0.468. The summed E-state index contributed by atoms with van der Waals surface area (Å²) < 4.78 is 16.6. The molecule has 2 amide bonds. The lowest BCUT2D eigenvalue weighted by Crippen LogP contribution is -2.44. The fourth-order valence-electron chi connectivity index (χ4n) is 4.09. The normalized spacial score (nSPS) is 23.7. The molecule has 0 aromatic carbocycles. The van der Waals surface area contributed by atoms with Gasteiger partial charge in [0.1, 0.15) is 5.60 Å². The highest BCUT2D eigenvalue weighted by Gasteiger charge is 2.33. The molecule has 7 heteroatoms. The van der Waals surface area contributed by atoms with Crippen molar-refractivity contribution in [3.8, 4) is 0 Å². The van der Waals surface area contributed by atoms with Crippen LogP contribution in [0.5, 0.6) is 0 Å². The van der Waals surface area contributed by atoms with Crippen LogP contribution in [-0.4, -0.2) is 73.1 Å². The van der Waals surface area contributed by atoms with E-state index >= 15 is 0 Å². The zero-order valence-corrected chi connectivity index (χ0v) is 16.9. The predicted molar refractivity (Wildman–Crippen MR) is 100 cm³/mol. The van der Waals surface area contributed by atoms with E-state index in [1.165, 1.54) is 0 Å². The van der Waals surface area contributed by atoms with Crippen molar-refractivity contribution >= 4 is 12.0 Å². The number of carbonyl (C=O) groups is 2. The number of nitrogens with zero attached hydrogens (tertiary/aromatic N) is 2. The molecule has 0 radical (unpaired) electrons. The zero-order valence-electron chi connectivity index (χ0n) is 16.9. The van der Waals surface area contributed by atoms with Crippen LogP contribution in [0.25, 0.3) is 0 Å². The Kier molecular flexibility index (Phi) is 6.63. The molecule has 3 aliphatic heterocycles. The molecule has 3 saturated heterocycles. The Labute approximate surface area is 162 Å². The van der Waals surface area contributed by atoms with Crippen LogP contribution in [0, 0.1) is 11.8 Å². The van der Waals surface area contributed by atoms with Crippen molar-refractivity contribution in [1.29, 1.82) is 0 Å². The molecule has 27 heavy (non-hydrogen) atoms. The molecule has 3 fully saturated rings. The minimum absolute atomic E-state index is 0.0700. The van der Waals surface area contributed by atoms with E-state index in [9.17, 15) is 9.59 Å². The first kappa shape index (κ1) is 20.4. The summed E-state index contributed by atoms with van der Waals surface area (Å²) in [5, 5.41) is 0. The quantitative estimate of drug-likeness (QED) is 0.751.